The maximum Gasteiger partial charge on any atom is 0.419 e. The Morgan fingerprint density at radius 2 is 2.00 bits per heavy atom. The maximum atomic E-state index is 11.5. The Morgan fingerprint density at radius 3 is 2.75 bits per heavy atom. The summed E-state index contributed by atoms with van der Waals surface area (Å²) in [7, 11) is 1.68. The van der Waals surface area contributed by atoms with E-state index in [-0.39, 0.29) is 5.76 Å². The van der Waals surface area contributed by atoms with Gasteiger partial charge in [-0.05, 0) is 36.8 Å². The number of aromatic nitrogens is 1. The molecule has 1 heterocycles. The molecular weight excluding hydrogens is 254 g/mol. The van der Waals surface area contributed by atoms with Gasteiger partial charge in [0.2, 0.25) is 0 Å². The van der Waals surface area contributed by atoms with Crippen molar-refractivity contribution in [2.24, 2.45) is 7.05 Å². The first kappa shape index (κ1) is 12.3. The van der Waals surface area contributed by atoms with E-state index >= 15 is 0 Å². The minimum absolute atomic E-state index is 0.369. The number of nitrogen functional groups attached to an aromatic ring is 1. The number of hydrogen-bond donors (Lipinski definition) is 2. The zero-order valence-corrected chi connectivity index (χ0v) is 11.3. The quantitative estimate of drug-likeness (QED) is 0.702. The summed E-state index contributed by atoms with van der Waals surface area (Å²) in [5.41, 5.74) is 10.7. The molecule has 0 fully saturated rings. The first-order valence-electron chi connectivity index (χ1n) is 6.27. The SMILES string of the molecule is Cc1ccc(Nc2ccc3c(c2)oc(=O)n3C)c(N)c1. The summed E-state index contributed by atoms with van der Waals surface area (Å²) in [5, 5.41) is 3.22. The second kappa shape index (κ2) is 4.45. The lowest BCUT2D eigenvalue weighted by Crippen LogP contribution is -2.08. The van der Waals surface area contributed by atoms with Gasteiger partial charge in [-0.25, -0.2) is 4.79 Å². The van der Waals surface area contributed by atoms with Crippen LogP contribution in [0.5, 0.6) is 0 Å². The first-order valence-corrected chi connectivity index (χ1v) is 6.27. The van der Waals surface area contributed by atoms with Crippen LogP contribution in [0.4, 0.5) is 17.1 Å². The van der Waals surface area contributed by atoms with E-state index in [9.17, 15) is 4.79 Å². The van der Waals surface area contributed by atoms with Crippen LogP contribution in [-0.4, -0.2) is 4.57 Å². The van der Waals surface area contributed by atoms with Crippen LogP contribution in [0, 0.1) is 6.92 Å². The monoisotopic (exact) mass is 269 g/mol. The van der Waals surface area contributed by atoms with Crippen LogP contribution in [0.1, 0.15) is 5.56 Å². The predicted octanol–water partition coefficient (Wildman–Crippen LogP) is 2.77. The van der Waals surface area contributed by atoms with Gasteiger partial charge in [0.15, 0.2) is 5.58 Å². The molecule has 3 aromatic rings. The van der Waals surface area contributed by atoms with Gasteiger partial charge in [-0.2, -0.15) is 0 Å². The molecule has 0 spiro atoms. The van der Waals surface area contributed by atoms with Crippen molar-refractivity contribution in [1.29, 1.82) is 0 Å². The summed E-state index contributed by atoms with van der Waals surface area (Å²) < 4.78 is 6.63. The Kier molecular flexibility index (Phi) is 2.75. The van der Waals surface area contributed by atoms with Crippen molar-refractivity contribution in [3.63, 3.8) is 0 Å². The lowest BCUT2D eigenvalue weighted by atomic mass is 10.2. The summed E-state index contributed by atoms with van der Waals surface area (Å²) in [6.45, 7) is 1.99. The molecule has 3 N–H and O–H groups in total. The number of benzene rings is 2. The Morgan fingerprint density at radius 1 is 1.20 bits per heavy atom. The highest BCUT2D eigenvalue weighted by atomic mass is 16.4. The average molecular weight is 269 g/mol. The van der Waals surface area contributed by atoms with Crippen LogP contribution in [0.25, 0.3) is 11.1 Å². The smallest absolute Gasteiger partial charge is 0.408 e. The molecule has 5 nitrogen and oxygen atoms in total. The fourth-order valence-corrected chi connectivity index (χ4v) is 2.16. The average Bonchev–Trinajstić information content (AvgIpc) is 2.68. The third-order valence-electron chi connectivity index (χ3n) is 3.28. The van der Waals surface area contributed by atoms with Crippen LogP contribution in [0.2, 0.25) is 0 Å². The molecule has 0 aliphatic heterocycles. The Bertz CT molecular complexity index is 846. The van der Waals surface area contributed by atoms with Crippen LogP contribution in [0.15, 0.2) is 45.6 Å². The predicted molar refractivity (Wildman–Crippen MR) is 80.3 cm³/mol. The number of nitrogens with two attached hydrogens (primary N) is 1. The lowest BCUT2D eigenvalue weighted by Gasteiger charge is -2.09. The number of nitrogens with zero attached hydrogens (tertiary/aromatic N) is 1. The molecule has 0 bridgehead atoms. The number of oxazole rings is 1. The third kappa shape index (κ3) is 2.03. The van der Waals surface area contributed by atoms with E-state index in [1.807, 2.05) is 37.3 Å². The van der Waals surface area contributed by atoms with Crippen LogP contribution in [-0.2, 0) is 7.05 Å². The van der Waals surface area contributed by atoms with E-state index in [1.54, 1.807) is 13.1 Å². The highest BCUT2D eigenvalue weighted by molar-refractivity contribution is 5.81. The van der Waals surface area contributed by atoms with Crippen molar-refractivity contribution >= 4 is 28.2 Å². The zero-order valence-electron chi connectivity index (χ0n) is 11.3. The molecule has 2 aromatic carbocycles. The van der Waals surface area contributed by atoms with Crippen molar-refractivity contribution < 1.29 is 4.42 Å². The van der Waals surface area contributed by atoms with Gasteiger partial charge >= 0.3 is 5.76 Å². The molecule has 0 unspecified atom stereocenters. The summed E-state index contributed by atoms with van der Waals surface area (Å²) in [6.07, 6.45) is 0. The zero-order chi connectivity index (χ0) is 14.3. The minimum atomic E-state index is -0.369. The largest absolute Gasteiger partial charge is 0.419 e. The summed E-state index contributed by atoms with van der Waals surface area (Å²) >= 11 is 0. The Hall–Kier alpha value is -2.69. The normalized spacial score (nSPS) is 10.9. The Balaban J connectivity index is 2.00. The van der Waals surface area contributed by atoms with Crippen LogP contribution >= 0.6 is 0 Å². The lowest BCUT2D eigenvalue weighted by molar-refractivity contribution is 0.528. The van der Waals surface area contributed by atoms with E-state index in [2.05, 4.69) is 5.32 Å². The Labute approximate surface area is 115 Å². The fourth-order valence-electron chi connectivity index (χ4n) is 2.16. The van der Waals surface area contributed by atoms with Gasteiger partial charge in [0, 0.05) is 18.8 Å². The molecule has 0 radical (unpaired) electrons. The molecule has 102 valence electrons. The second-order valence-corrected chi connectivity index (χ2v) is 4.83. The number of hydrogen-bond acceptors (Lipinski definition) is 4. The van der Waals surface area contributed by atoms with Crippen molar-refractivity contribution in [3.8, 4) is 0 Å². The number of anilines is 3. The molecule has 0 aliphatic rings. The van der Waals surface area contributed by atoms with Crippen LogP contribution in [0.3, 0.4) is 0 Å². The standard InChI is InChI=1S/C15H15N3O2/c1-9-3-5-12(11(16)7-9)17-10-4-6-13-14(8-10)20-15(19)18(13)2/h3-8,17H,16H2,1-2H3. The molecular formula is C15H15N3O2. The van der Waals surface area contributed by atoms with E-state index in [0.717, 1.165) is 22.5 Å². The number of aryl methyl sites for hydroxylation is 2. The van der Waals surface area contributed by atoms with Gasteiger partial charge in [-0.1, -0.05) is 6.07 Å². The second-order valence-electron chi connectivity index (χ2n) is 4.83. The summed E-state index contributed by atoms with van der Waals surface area (Å²) in [6, 6.07) is 11.3. The number of rotatable bonds is 2. The summed E-state index contributed by atoms with van der Waals surface area (Å²) in [5.74, 6) is -0.369. The highest BCUT2D eigenvalue weighted by Crippen LogP contribution is 2.26. The van der Waals surface area contributed by atoms with Gasteiger partial charge in [0.05, 0.1) is 16.9 Å². The van der Waals surface area contributed by atoms with Gasteiger partial charge in [-0.3, -0.25) is 4.57 Å². The molecule has 5 heteroatoms. The molecule has 0 aliphatic carbocycles. The fraction of sp³-hybridized carbons (Fsp3) is 0.133. The molecule has 0 saturated carbocycles. The summed E-state index contributed by atoms with van der Waals surface area (Å²) in [4.78, 5) is 11.5. The van der Waals surface area contributed by atoms with Gasteiger partial charge < -0.3 is 15.5 Å². The molecule has 1 aromatic heterocycles. The van der Waals surface area contributed by atoms with E-state index < -0.39 is 0 Å². The number of nitrogens with one attached hydrogen (secondary N) is 1. The van der Waals surface area contributed by atoms with Crippen molar-refractivity contribution in [1.82, 2.24) is 4.57 Å². The van der Waals surface area contributed by atoms with Gasteiger partial charge in [-0.15, -0.1) is 0 Å². The number of fused-ring (bicyclic) bond motifs is 1. The van der Waals surface area contributed by atoms with E-state index in [1.165, 1.54) is 4.57 Å². The molecule has 0 atom stereocenters. The topological polar surface area (TPSA) is 73.2 Å². The van der Waals surface area contributed by atoms with E-state index in [0.29, 0.717) is 11.3 Å². The molecule has 0 amide bonds. The van der Waals surface area contributed by atoms with E-state index in [4.69, 9.17) is 10.2 Å². The maximum absolute atomic E-state index is 11.5. The molecule has 0 saturated heterocycles. The molecule has 20 heavy (non-hydrogen) atoms. The minimum Gasteiger partial charge on any atom is -0.408 e. The van der Waals surface area contributed by atoms with Crippen molar-refractivity contribution in [2.75, 3.05) is 11.1 Å². The van der Waals surface area contributed by atoms with Crippen molar-refractivity contribution in [3.05, 3.63) is 52.5 Å². The van der Waals surface area contributed by atoms with Crippen molar-refractivity contribution in [2.45, 2.75) is 6.92 Å². The van der Waals surface area contributed by atoms with Gasteiger partial charge in [0.25, 0.3) is 0 Å². The molecule has 3 rings (SSSR count). The third-order valence-corrected chi connectivity index (χ3v) is 3.28. The first-order chi connectivity index (χ1) is 9.54. The van der Waals surface area contributed by atoms with Gasteiger partial charge in [0.1, 0.15) is 0 Å². The highest BCUT2D eigenvalue weighted by Gasteiger charge is 2.07. The van der Waals surface area contributed by atoms with Crippen LogP contribution < -0.4 is 16.8 Å².